The van der Waals surface area contributed by atoms with E-state index in [1.165, 1.54) is 13.2 Å². The van der Waals surface area contributed by atoms with Crippen molar-refractivity contribution in [1.29, 1.82) is 0 Å². The first-order valence-electron chi connectivity index (χ1n) is 10.6. The molecule has 2 amide bonds. The molecule has 4 rings (SSSR count). The number of anilines is 1. The van der Waals surface area contributed by atoms with E-state index in [4.69, 9.17) is 4.74 Å². The first-order valence-corrected chi connectivity index (χ1v) is 10.6. The van der Waals surface area contributed by atoms with Crippen molar-refractivity contribution in [3.05, 3.63) is 64.7 Å². The van der Waals surface area contributed by atoms with Gasteiger partial charge in [0.15, 0.2) is 0 Å². The first kappa shape index (κ1) is 22.2. The Morgan fingerprint density at radius 1 is 1.03 bits per heavy atom. The lowest BCUT2D eigenvalue weighted by molar-refractivity contribution is -0.138. The number of fused-ring (bicyclic) bond motifs is 1. The number of methoxy groups -OCH3 is 1. The Bertz CT molecular complexity index is 1020. The molecule has 0 aromatic heterocycles. The number of rotatable bonds is 3. The lowest BCUT2D eigenvalue weighted by Crippen LogP contribution is -2.34. The number of hydrogen-bond acceptors (Lipinski definition) is 3. The van der Waals surface area contributed by atoms with Gasteiger partial charge in [0, 0.05) is 13.1 Å². The van der Waals surface area contributed by atoms with Crippen molar-refractivity contribution in [3.8, 4) is 0 Å². The zero-order valence-corrected chi connectivity index (χ0v) is 17.9. The molecule has 0 spiro atoms. The Morgan fingerprint density at radius 2 is 1.69 bits per heavy atom. The largest absolute Gasteiger partial charge is 0.465 e. The van der Waals surface area contributed by atoms with Crippen molar-refractivity contribution in [1.82, 2.24) is 4.90 Å². The number of carbonyl (C=O) groups is 2. The van der Waals surface area contributed by atoms with Crippen LogP contribution in [0.4, 0.5) is 23.7 Å². The monoisotopic (exact) mass is 446 g/mol. The highest BCUT2D eigenvalue weighted by atomic mass is 19.4. The Morgan fingerprint density at radius 3 is 2.31 bits per heavy atom. The van der Waals surface area contributed by atoms with Crippen LogP contribution in [0.25, 0.3) is 0 Å². The van der Waals surface area contributed by atoms with Crippen LogP contribution >= 0.6 is 0 Å². The summed E-state index contributed by atoms with van der Waals surface area (Å²) >= 11 is 0. The van der Waals surface area contributed by atoms with Crippen molar-refractivity contribution < 1.29 is 27.5 Å². The SMILES string of the molecule is COC(=O)c1cccc(C)c1NC(=O)N1C[C@H]2CC(c3ccccc3C(F)(F)F)C[C@H]2C1. The number of ether oxygens (including phenoxy) is 1. The summed E-state index contributed by atoms with van der Waals surface area (Å²) in [6.45, 7) is 2.77. The van der Waals surface area contributed by atoms with Crippen molar-refractivity contribution in [2.75, 3.05) is 25.5 Å². The third-order valence-corrected chi connectivity index (χ3v) is 6.65. The molecular weight excluding hydrogens is 421 g/mol. The van der Waals surface area contributed by atoms with Crippen LogP contribution in [0.2, 0.25) is 0 Å². The average molecular weight is 446 g/mol. The van der Waals surface area contributed by atoms with Crippen LogP contribution in [0.5, 0.6) is 0 Å². The molecule has 170 valence electrons. The van der Waals surface area contributed by atoms with E-state index in [-0.39, 0.29) is 29.3 Å². The standard InChI is InChI=1S/C24H25F3N2O3/c1-14-6-5-8-19(22(30)32-2)21(14)28-23(31)29-12-16-10-15(11-17(16)13-29)18-7-3-4-9-20(18)24(25,26)27/h3-9,15-17H,10-13H2,1-2H3,(H,28,31)/t15?,16-,17+. The van der Waals surface area contributed by atoms with Gasteiger partial charge in [-0.25, -0.2) is 9.59 Å². The summed E-state index contributed by atoms with van der Waals surface area (Å²) in [7, 11) is 1.28. The van der Waals surface area contributed by atoms with E-state index in [1.807, 2.05) is 0 Å². The molecule has 2 aromatic carbocycles. The van der Waals surface area contributed by atoms with Gasteiger partial charge < -0.3 is 15.0 Å². The van der Waals surface area contributed by atoms with Gasteiger partial charge in [0.05, 0.1) is 23.9 Å². The molecule has 1 saturated carbocycles. The molecule has 5 nitrogen and oxygen atoms in total. The molecule has 3 atom stereocenters. The van der Waals surface area contributed by atoms with Crippen LogP contribution < -0.4 is 5.32 Å². The Labute approximate surface area is 184 Å². The van der Waals surface area contributed by atoms with Gasteiger partial charge >= 0.3 is 18.2 Å². The topological polar surface area (TPSA) is 58.6 Å². The number of carbonyl (C=O) groups excluding carboxylic acids is 2. The normalized spacial score (nSPS) is 22.5. The summed E-state index contributed by atoms with van der Waals surface area (Å²) in [6.07, 6.45) is -3.12. The van der Waals surface area contributed by atoms with Crippen molar-refractivity contribution in [2.24, 2.45) is 11.8 Å². The number of alkyl halides is 3. The minimum absolute atomic E-state index is 0.156. The summed E-state index contributed by atoms with van der Waals surface area (Å²) in [5.41, 5.74) is 1.23. The molecule has 0 bridgehead atoms. The van der Waals surface area contributed by atoms with Gasteiger partial charge in [-0.05, 0) is 60.8 Å². The smallest absolute Gasteiger partial charge is 0.416 e. The number of likely N-dealkylation sites (tertiary alicyclic amines) is 1. The summed E-state index contributed by atoms with van der Waals surface area (Å²) in [4.78, 5) is 26.7. The lowest BCUT2D eigenvalue weighted by atomic mass is 9.91. The maximum absolute atomic E-state index is 13.4. The molecule has 1 aliphatic heterocycles. The van der Waals surface area contributed by atoms with Gasteiger partial charge in [-0.15, -0.1) is 0 Å². The zero-order valence-electron chi connectivity index (χ0n) is 17.9. The predicted molar refractivity (Wildman–Crippen MR) is 114 cm³/mol. The van der Waals surface area contributed by atoms with Gasteiger partial charge in [0.2, 0.25) is 0 Å². The van der Waals surface area contributed by atoms with Gasteiger partial charge in [0.1, 0.15) is 0 Å². The quantitative estimate of drug-likeness (QED) is 0.637. The van der Waals surface area contributed by atoms with Crippen LogP contribution in [-0.4, -0.2) is 37.1 Å². The minimum atomic E-state index is -4.37. The third-order valence-electron chi connectivity index (χ3n) is 6.65. The maximum atomic E-state index is 13.4. The molecule has 1 heterocycles. The highest BCUT2D eigenvalue weighted by Crippen LogP contribution is 2.48. The number of hydrogen-bond donors (Lipinski definition) is 1. The third kappa shape index (κ3) is 4.18. The van der Waals surface area contributed by atoms with Crippen LogP contribution in [-0.2, 0) is 10.9 Å². The second-order valence-electron chi connectivity index (χ2n) is 8.60. The number of nitrogens with one attached hydrogen (secondary N) is 1. The molecule has 1 unspecified atom stereocenters. The van der Waals surface area contributed by atoms with E-state index in [0.29, 0.717) is 37.2 Å². The Balaban J connectivity index is 1.44. The summed E-state index contributed by atoms with van der Waals surface area (Å²) in [6, 6.07) is 10.6. The van der Waals surface area contributed by atoms with E-state index in [9.17, 15) is 22.8 Å². The van der Waals surface area contributed by atoms with Gasteiger partial charge in [-0.2, -0.15) is 13.2 Å². The number of nitrogens with zero attached hydrogens (tertiary/aromatic N) is 1. The summed E-state index contributed by atoms with van der Waals surface area (Å²) in [5, 5.41) is 2.83. The Kier molecular flexibility index (Phi) is 5.88. The van der Waals surface area contributed by atoms with E-state index in [1.54, 1.807) is 42.2 Å². The predicted octanol–water partition coefficient (Wildman–Crippen LogP) is 5.46. The van der Waals surface area contributed by atoms with Gasteiger partial charge in [-0.3, -0.25) is 0 Å². The van der Waals surface area contributed by atoms with Crippen LogP contribution in [0, 0.1) is 18.8 Å². The molecule has 1 N–H and O–H groups in total. The molecule has 2 fully saturated rings. The van der Waals surface area contributed by atoms with Crippen LogP contribution in [0.1, 0.15) is 45.8 Å². The second kappa shape index (κ2) is 8.48. The highest BCUT2D eigenvalue weighted by molar-refractivity contribution is 6.01. The molecule has 0 radical (unpaired) electrons. The molecule has 1 aliphatic carbocycles. The number of amides is 2. The van der Waals surface area contributed by atoms with E-state index >= 15 is 0 Å². The Hall–Kier alpha value is -3.03. The second-order valence-corrected chi connectivity index (χ2v) is 8.60. The molecule has 1 saturated heterocycles. The fraction of sp³-hybridized carbons (Fsp3) is 0.417. The van der Waals surface area contributed by atoms with E-state index in [2.05, 4.69) is 5.32 Å². The van der Waals surface area contributed by atoms with Gasteiger partial charge in [-0.1, -0.05) is 30.3 Å². The number of halogens is 3. The van der Waals surface area contributed by atoms with Crippen LogP contribution in [0.3, 0.4) is 0 Å². The fourth-order valence-electron chi connectivity index (χ4n) is 5.13. The fourth-order valence-corrected chi connectivity index (χ4v) is 5.13. The molecular formula is C24H25F3N2O3. The lowest BCUT2D eigenvalue weighted by Gasteiger charge is -2.22. The van der Waals surface area contributed by atoms with Crippen LogP contribution in [0.15, 0.2) is 42.5 Å². The first-order chi connectivity index (χ1) is 15.2. The number of esters is 1. The van der Waals surface area contributed by atoms with E-state index < -0.39 is 17.7 Å². The molecule has 32 heavy (non-hydrogen) atoms. The zero-order chi connectivity index (χ0) is 23.0. The number of aryl methyl sites for hydroxylation is 1. The molecule has 2 aliphatic rings. The van der Waals surface area contributed by atoms with Crippen molar-refractivity contribution in [3.63, 3.8) is 0 Å². The molecule has 8 heteroatoms. The summed E-state index contributed by atoms with van der Waals surface area (Å²) in [5.74, 6) is -0.378. The van der Waals surface area contributed by atoms with Crippen molar-refractivity contribution >= 4 is 17.7 Å². The summed E-state index contributed by atoms with van der Waals surface area (Å²) < 4.78 is 45.1. The van der Waals surface area contributed by atoms with Gasteiger partial charge in [0.25, 0.3) is 0 Å². The minimum Gasteiger partial charge on any atom is -0.465 e. The molecule has 2 aromatic rings. The van der Waals surface area contributed by atoms with Crippen molar-refractivity contribution in [2.45, 2.75) is 31.9 Å². The average Bonchev–Trinajstić information content (AvgIpc) is 3.33. The maximum Gasteiger partial charge on any atom is 0.416 e. The highest BCUT2D eigenvalue weighted by Gasteiger charge is 2.45. The number of para-hydroxylation sites is 1. The van der Waals surface area contributed by atoms with E-state index in [0.717, 1.165) is 11.6 Å². The number of benzene rings is 2. The number of urea groups is 1.